The summed E-state index contributed by atoms with van der Waals surface area (Å²) in [4.78, 5) is 10.2. The van der Waals surface area contributed by atoms with E-state index in [-0.39, 0.29) is 5.69 Å². The van der Waals surface area contributed by atoms with Crippen molar-refractivity contribution >= 4 is 34.6 Å². The van der Waals surface area contributed by atoms with E-state index in [4.69, 9.17) is 32.7 Å². The maximum atomic E-state index is 10.6. The molecule has 0 saturated heterocycles. The molecule has 0 aliphatic carbocycles. The number of rotatable bonds is 7. The zero-order chi connectivity index (χ0) is 16.8. The Bertz CT molecular complexity index is 680. The molecular formula is C15H14Cl2N2O4. The normalized spacial score (nSPS) is 11.8. The molecule has 0 aromatic heterocycles. The van der Waals surface area contributed by atoms with Crippen LogP contribution in [0.1, 0.15) is 0 Å². The summed E-state index contributed by atoms with van der Waals surface area (Å²) in [6.45, 7) is 0.327. The van der Waals surface area contributed by atoms with Crippen LogP contribution in [0.4, 0.5) is 11.4 Å². The Hall–Kier alpha value is -2.02. The average molecular weight is 357 g/mol. The number of nitrogens with one attached hydrogen (secondary N) is 1. The topological polar surface area (TPSA) is 73.6 Å². The molecule has 2 rings (SSSR count). The second-order valence-electron chi connectivity index (χ2n) is 4.54. The first-order chi connectivity index (χ1) is 11.0. The van der Waals surface area contributed by atoms with Crippen molar-refractivity contribution < 1.29 is 14.4 Å². The fraction of sp³-hybridized carbons (Fsp3) is 0.200. The molecule has 0 heterocycles. The summed E-state index contributed by atoms with van der Waals surface area (Å²) in [6, 6.07) is 11.0. The Labute approximate surface area is 143 Å². The van der Waals surface area contributed by atoms with E-state index < -0.39 is 11.2 Å². The Morgan fingerprint density at radius 1 is 1.22 bits per heavy atom. The van der Waals surface area contributed by atoms with Gasteiger partial charge < -0.3 is 14.8 Å². The lowest BCUT2D eigenvalue weighted by atomic mass is 10.3. The standard InChI is InChI=1S/C15H14Cl2N2O4/c1-22-15(23-14-7-2-10(16)8-13(14)17)9-18-11-3-5-12(6-4-11)19(20)21/h2-8,15,18H,9H2,1H3. The molecule has 1 N–H and O–H groups in total. The number of halogens is 2. The zero-order valence-electron chi connectivity index (χ0n) is 12.2. The smallest absolute Gasteiger partial charge is 0.269 e. The van der Waals surface area contributed by atoms with E-state index in [1.165, 1.54) is 19.2 Å². The number of hydrogen-bond donors (Lipinski definition) is 1. The molecule has 122 valence electrons. The summed E-state index contributed by atoms with van der Waals surface area (Å²) in [7, 11) is 1.51. The van der Waals surface area contributed by atoms with Crippen LogP contribution >= 0.6 is 23.2 Å². The van der Waals surface area contributed by atoms with Crippen LogP contribution in [0.15, 0.2) is 42.5 Å². The number of benzene rings is 2. The molecule has 1 atom stereocenters. The molecular weight excluding hydrogens is 343 g/mol. The van der Waals surface area contributed by atoms with Crippen molar-refractivity contribution in [2.24, 2.45) is 0 Å². The molecule has 23 heavy (non-hydrogen) atoms. The summed E-state index contributed by atoms with van der Waals surface area (Å²) < 4.78 is 10.9. The molecule has 0 radical (unpaired) electrons. The van der Waals surface area contributed by atoms with Gasteiger partial charge in [0.1, 0.15) is 5.75 Å². The van der Waals surface area contributed by atoms with Crippen LogP contribution in [0.5, 0.6) is 5.75 Å². The third-order valence-electron chi connectivity index (χ3n) is 2.97. The van der Waals surface area contributed by atoms with Gasteiger partial charge in [-0.05, 0) is 30.3 Å². The highest BCUT2D eigenvalue weighted by Gasteiger charge is 2.12. The lowest BCUT2D eigenvalue weighted by molar-refractivity contribution is -0.384. The van der Waals surface area contributed by atoms with E-state index >= 15 is 0 Å². The molecule has 0 aliphatic heterocycles. The SMILES string of the molecule is COC(CNc1ccc([N+](=O)[O-])cc1)Oc1ccc(Cl)cc1Cl. The highest BCUT2D eigenvalue weighted by Crippen LogP contribution is 2.28. The molecule has 0 saturated carbocycles. The Morgan fingerprint density at radius 3 is 2.48 bits per heavy atom. The van der Waals surface area contributed by atoms with Gasteiger partial charge in [0.15, 0.2) is 0 Å². The van der Waals surface area contributed by atoms with Crippen molar-refractivity contribution in [3.8, 4) is 5.75 Å². The fourth-order valence-corrected chi connectivity index (χ4v) is 2.24. The minimum Gasteiger partial charge on any atom is -0.461 e. The predicted octanol–water partition coefficient (Wildman–Crippen LogP) is 4.37. The lowest BCUT2D eigenvalue weighted by Crippen LogP contribution is -2.28. The average Bonchev–Trinajstić information content (AvgIpc) is 2.53. The van der Waals surface area contributed by atoms with Gasteiger partial charge in [-0.15, -0.1) is 0 Å². The number of anilines is 1. The molecule has 0 fully saturated rings. The number of hydrogen-bond acceptors (Lipinski definition) is 5. The van der Waals surface area contributed by atoms with Crippen LogP contribution in [0.25, 0.3) is 0 Å². The monoisotopic (exact) mass is 356 g/mol. The second-order valence-corrected chi connectivity index (χ2v) is 5.39. The van der Waals surface area contributed by atoms with Gasteiger partial charge in [0.25, 0.3) is 5.69 Å². The molecule has 0 spiro atoms. The highest BCUT2D eigenvalue weighted by atomic mass is 35.5. The quantitative estimate of drug-likeness (QED) is 0.453. The number of non-ortho nitro benzene ring substituents is 1. The third kappa shape index (κ3) is 4.99. The van der Waals surface area contributed by atoms with Crippen molar-refractivity contribution in [3.63, 3.8) is 0 Å². The number of nitrogens with zero attached hydrogens (tertiary/aromatic N) is 1. The van der Waals surface area contributed by atoms with Crippen LogP contribution in [0.3, 0.4) is 0 Å². The summed E-state index contributed by atoms with van der Waals surface area (Å²) in [5.41, 5.74) is 0.742. The third-order valence-corrected chi connectivity index (χ3v) is 3.50. The Kier molecular flexibility index (Phi) is 6.04. The van der Waals surface area contributed by atoms with Crippen LogP contribution in [0.2, 0.25) is 10.0 Å². The van der Waals surface area contributed by atoms with Gasteiger partial charge in [-0.3, -0.25) is 10.1 Å². The minimum atomic E-state index is -0.594. The first-order valence-corrected chi connectivity index (χ1v) is 7.38. The van der Waals surface area contributed by atoms with E-state index in [0.29, 0.717) is 28.0 Å². The number of nitro benzene ring substituents is 1. The number of methoxy groups -OCH3 is 1. The molecule has 1 unspecified atom stereocenters. The molecule has 0 amide bonds. The summed E-state index contributed by atoms with van der Waals surface area (Å²) >= 11 is 11.9. The largest absolute Gasteiger partial charge is 0.461 e. The predicted molar refractivity (Wildman–Crippen MR) is 89.5 cm³/mol. The van der Waals surface area contributed by atoms with Crippen LogP contribution in [-0.2, 0) is 4.74 Å². The van der Waals surface area contributed by atoms with Crippen molar-refractivity contribution in [1.29, 1.82) is 0 Å². The fourth-order valence-electron chi connectivity index (χ4n) is 1.79. The number of ether oxygens (including phenoxy) is 2. The van der Waals surface area contributed by atoms with E-state index in [9.17, 15) is 10.1 Å². The van der Waals surface area contributed by atoms with Gasteiger partial charge in [0.05, 0.1) is 16.5 Å². The Balaban J connectivity index is 1.95. The molecule has 2 aromatic carbocycles. The van der Waals surface area contributed by atoms with Gasteiger partial charge in [0, 0.05) is 30.0 Å². The second kappa shape index (κ2) is 8.01. The zero-order valence-corrected chi connectivity index (χ0v) is 13.7. The van der Waals surface area contributed by atoms with Gasteiger partial charge >= 0.3 is 0 Å². The van der Waals surface area contributed by atoms with Gasteiger partial charge in [-0.25, -0.2) is 0 Å². The van der Waals surface area contributed by atoms with E-state index in [1.807, 2.05) is 0 Å². The molecule has 6 nitrogen and oxygen atoms in total. The lowest BCUT2D eigenvalue weighted by Gasteiger charge is -2.19. The molecule has 0 aliphatic rings. The molecule has 2 aromatic rings. The van der Waals surface area contributed by atoms with Crippen molar-refractivity contribution in [2.75, 3.05) is 19.0 Å². The summed E-state index contributed by atoms with van der Waals surface area (Å²) in [5.74, 6) is 0.452. The highest BCUT2D eigenvalue weighted by molar-refractivity contribution is 6.35. The van der Waals surface area contributed by atoms with Crippen LogP contribution in [0, 0.1) is 10.1 Å². The first kappa shape index (κ1) is 17.3. The van der Waals surface area contributed by atoms with E-state index in [1.54, 1.807) is 30.3 Å². The minimum absolute atomic E-state index is 0.0306. The number of nitro groups is 1. The molecule has 8 heteroatoms. The van der Waals surface area contributed by atoms with E-state index in [2.05, 4.69) is 5.32 Å². The maximum absolute atomic E-state index is 10.6. The van der Waals surface area contributed by atoms with E-state index in [0.717, 1.165) is 0 Å². The Morgan fingerprint density at radius 2 is 1.91 bits per heavy atom. The summed E-state index contributed by atoms with van der Waals surface area (Å²) in [6.07, 6.45) is -0.594. The van der Waals surface area contributed by atoms with Crippen LogP contribution in [-0.4, -0.2) is 24.9 Å². The summed E-state index contributed by atoms with van der Waals surface area (Å²) in [5, 5.41) is 14.6. The van der Waals surface area contributed by atoms with Gasteiger partial charge in [-0.2, -0.15) is 0 Å². The van der Waals surface area contributed by atoms with Crippen molar-refractivity contribution in [1.82, 2.24) is 0 Å². The molecule has 0 bridgehead atoms. The van der Waals surface area contributed by atoms with Crippen LogP contribution < -0.4 is 10.1 Å². The van der Waals surface area contributed by atoms with Crippen molar-refractivity contribution in [2.45, 2.75) is 6.29 Å². The maximum Gasteiger partial charge on any atom is 0.269 e. The van der Waals surface area contributed by atoms with Crippen molar-refractivity contribution in [3.05, 3.63) is 62.6 Å². The van der Waals surface area contributed by atoms with Gasteiger partial charge in [0.2, 0.25) is 6.29 Å². The van der Waals surface area contributed by atoms with Gasteiger partial charge in [-0.1, -0.05) is 23.2 Å². The first-order valence-electron chi connectivity index (χ1n) is 6.62.